The minimum atomic E-state index is -0.106. The van der Waals surface area contributed by atoms with E-state index >= 15 is 0 Å². The summed E-state index contributed by atoms with van der Waals surface area (Å²) in [7, 11) is 0. The second kappa shape index (κ2) is 9.07. The van der Waals surface area contributed by atoms with Crippen LogP contribution in [-0.2, 0) is 0 Å². The number of fused-ring (bicyclic) bond motifs is 1. The van der Waals surface area contributed by atoms with E-state index in [-0.39, 0.29) is 5.43 Å². The summed E-state index contributed by atoms with van der Waals surface area (Å²) in [5.74, 6) is 1.34. The molecule has 0 bridgehead atoms. The Morgan fingerprint density at radius 2 is 1.78 bits per heavy atom. The van der Waals surface area contributed by atoms with E-state index in [9.17, 15) is 4.79 Å². The molecule has 2 aromatic carbocycles. The van der Waals surface area contributed by atoms with Crippen LogP contribution in [0.25, 0.3) is 22.3 Å². The van der Waals surface area contributed by atoms with Crippen LogP contribution in [0.1, 0.15) is 20.3 Å². The first kappa shape index (κ1) is 19.5. The monoisotopic (exact) mass is 385 g/mol. The molecular formula is C22H24ClNO3. The molecule has 0 aliphatic heterocycles. The van der Waals surface area contributed by atoms with E-state index in [1.54, 1.807) is 18.2 Å². The number of rotatable bonds is 8. The minimum absolute atomic E-state index is 0.106. The quantitative estimate of drug-likeness (QED) is 0.498. The summed E-state index contributed by atoms with van der Waals surface area (Å²) in [5, 5.41) is 1.00. The first-order valence-electron chi connectivity index (χ1n) is 9.29. The molecule has 0 N–H and O–H groups in total. The summed E-state index contributed by atoms with van der Waals surface area (Å²) in [6.45, 7) is 8.19. The van der Waals surface area contributed by atoms with Gasteiger partial charge in [0, 0.05) is 23.2 Å². The molecule has 0 fully saturated rings. The topological polar surface area (TPSA) is 42.7 Å². The van der Waals surface area contributed by atoms with Crippen LogP contribution in [-0.4, -0.2) is 31.1 Å². The Hall–Kier alpha value is -2.30. The van der Waals surface area contributed by atoms with Crippen molar-refractivity contribution in [2.45, 2.75) is 20.3 Å². The Labute approximate surface area is 164 Å². The predicted octanol–water partition coefficient (Wildman–Crippen LogP) is 5.22. The molecule has 0 radical (unpaired) electrons. The molecule has 0 unspecified atom stereocenters. The van der Waals surface area contributed by atoms with E-state index in [1.807, 2.05) is 24.3 Å². The molecule has 3 rings (SSSR count). The minimum Gasteiger partial charge on any atom is -0.494 e. The van der Waals surface area contributed by atoms with Crippen molar-refractivity contribution in [2.24, 2.45) is 0 Å². The fraction of sp³-hybridized carbons (Fsp3) is 0.318. The third-order valence-electron chi connectivity index (χ3n) is 4.61. The summed E-state index contributed by atoms with van der Waals surface area (Å²) in [6, 6.07) is 14.2. The van der Waals surface area contributed by atoms with Crippen molar-refractivity contribution in [1.29, 1.82) is 0 Å². The lowest BCUT2D eigenvalue weighted by Gasteiger charge is -2.17. The normalized spacial score (nSPS) is 11.3. The van der Waals surface area contributed by atoms with Crippen LogP contribution in [0, 0.1) is 0 Å². The zero-order valence-electron chi connectivity index (χ0n) is 15.7. The second-order valence-corrected chi connectivity index (χ2v) is 6.81. The lowest BCUT2D eigenvalue weighted by atomic mass is 10.1. The maximum Gasteiger partial charge on any atom is 0.193 e. The first-order chi connectivity index (χ1) is 13.1. The third kappa shape index (κ3) is 4.90. The van der Waals surface area contributed by atoms with Crippen molar-refractivity contribution in [3.63, 3.8) is 0 Å². The standard InChI is InChI=1S/C22H24ClNO3/c1-3-24(4-2)12-5-13-26-18-9-6-16(7-10-18)22-15-20(25)19-14-17(23)8-11-21(19)27-22/h6-11,14-15H,3-5,12-13H2,1-2H3. The summed E-state index contributed by atoms with van der Waals surface area (Å²) < 4.78 is 11.7. The highest BCUT2D eigenvalue weighted by Crippen LogP contribution is 2.25. The van der Waals surface area contributed by atoms with Gasteiger partial charge in [0.1, 0.15) is 17.1 Å². The molecule has 0 aliphatic rings. The Bertz CT molecular complexity index is 946. The van der Waals surface area contributed by atoms with Gasteiger partial charge >= 0.3 is 0 Å². The van der Waals surface area contributed by atoms with Crippen LogP contribution in [0.2, 0.25) is 5.02 Å². The Morgan fingerprint density at radius 1 is 1.04 bits per heavy atom. The number of hydrogen-bond acceptors (Lipinski definition) is 4. The van der Waals surface area contributed by atoms with Crippen LogP contribution in [0.4, 0.5) is 0 Å². The Morgan fingerprint density at radius 3 is 2.48 bits per heavy atom. The molecule has 0 saturated carbocycles. The highest BCUT2D eigenvalue weighted by molar-refractivity contribution is 6.31. The van der Waals surface area contributed by atoms with Gasteiger partial charge in [-0.2, -0.15) is 0 Å². The number of ether oxygens (including phenoxy) is 1. The van der Waals surface area contributed by atoms with Crippen LogP contribution < -0.4 is 10.2 Å². The van der Waals surface area contributed by atoms with Crippen molar-refractivity contribution < 1.29 is 9.15 Å². The summed E-state index contributed by atoms with van der Waals surface area (Å²) in [5.41, 5.74) is 1.25. The highest BCUT2D eigenvalue weighted by Gasteiger charge is 2.08. The zero-order chi connectivity index (χ0) is 19.2. The van der Waals surface area contributed by atoms with E-state index in [2.05, 4.69) is 18.7 Å². The highest BCUT2D eigenvalue weighted by atomic mass is 35.5. The van der Waals surface area contributed by atoms with E-state index in [1.165, 1.54) is 6.07 Å². The number of benzene rings is 2. The molecule has 0 spiro atoms. The van der Waals surface area contributed by atoms with Crippen molar-refractivity contribution >= 4 is 22.6 Å². The summed E-state index contributed by atoms with van der Waals surface area (Å²) >= 11 is 5.95. The first-order valence-corrected chi connectivity index (χ1v) is 9.67. The zero-order valence-corrected chi connectivity index (χ0v) is 16.5. The van der Waals surface area contributed by atoms with Crippen molar-refractivity contribution in [3.05, 3.63) is 63.8 Å². The van der Waals surface area contributed by atoms with Crippen LogP contribution in [0.3, 0.4) is 0 Å². The summed E-state index contributed by atoms with van der Waals surface area (Å²) in [4.78, 5) is 14.7. The van der Waals surface area contributed by atoms with Crippen molar-refractivity contribution in [1.82, 2.24) is 4.90 Å². The van der Waals surface area contributed by atoms with Gasteiger partial charge < -0.3 is 14.1 Å². The molecule has 27 heavy (non-hydrogen) atoms. The van der Waals surface area contributed by atoms with E-state index in [4.69, 9.17) is 20.8 Å². The van der Waals surface area contributed by atoms with E-state index in [0.29, 0.717) is 28.4 Å². The van der Waals surface area contributed by atoms with Gasteiger partial charge in [-0.3, -0.25) is 4.79 Å². The Kier molecular flexibility index (Phi) is 6.54. The molecule has 142 valence electrons. The molecule has 0 saturated heterocycles. The SMILES string of the molecule is CCN(CC)CCCOc1ccc(-c2cc(=O)c3cc(Cl)ccc3o2)cc1. The molecule has 0 amide bonds. The van der Waals surface area contributed by atoms with Gasteiger partial charge in [0.25, 0.3) is 0 Å². The van der Waals surface area contributed by atoms with Gasteiger partial charge in [0.2, 0.25) is 0 Å². The largest absolute Gasteiger partial charge is 0.494 e. The van der Waals surface area contributed by atoms with Crippen LogP contribution >= 0.6 is 11.6 Å². The smallest absolute Gasteiger partial charge is 0.193 e. The molecule has 0 aliphatic carbocycles. The van der Waals surface area contributed by atoms with Crippen molar-refractivity contribution in [2.75, 3.05) is 26.2 Å². The molecule has 1 aromatic heterocycles. The molecule has 0 atom stereocenters. The molecule has 5 heteroatoms. The second-order valence-electron chi connectivity index (χ2n) is 6.37. The lowest BCUT2D eigenvalue weighted by molar-refractivity contribution is 0.249. The fourth-order valence-electron chi connectivity index (χ4n) is 3.00. The van der Waals surface area contributed by atoms with E-state index in [0.717, 1.165) is 37.4 Å². The lowest BCUT2D eigenvalue weighted by Crippen LogP contribution is -2.25. The Balaban J connectivity index is 1.68. The molecule has 3 aromatic rings. The van der Waals surface area contributed by atoms with Gasteiger partial charge in [0.05, 0.1) is 12.0 Å². The van der Waals surface area contributed by atoms with E-state index < -0.39 is 0 Å². The average molecular weight is 386 g/mol. The van der Waals surface area contributed by atoms with Gasteiger partial charge in [-0.15, -0.1) is 0 Å². The molecular weight excluding hydrogens is 362 g/mol. The van der Waals surface area contributed by atoms with Crippen LogP contribution in [0.5, 0.6) is 5.75 Å². The number of nitrogens with zero attached hydrogens (tertiary/aromatic N) is 1. The maximum absolute atomic E-state index is 12.3. The van der Waals surface area contributed by atoms with Gasteiger partial charge in [-0.1, -0.05) is 25.4 Å². The van der Waals surface area contributed by atoms with Gasteiger partial charge in [0.15, 0.2) is 5.43 Å². The average Bonchev–Trinajstić information content (AvgIpc) is 2.69. The maximum atomic E-state index is 12.3. The fourth-order valence-corrected chi connectivity index (χ4v) is 3.18. The molecule has 1 heterocycles. The molecule has 4 nitrogen and oxygen atoms in total. The van der Waals surface area contributed by atoms with Gasteiger partial charge in [-0.05, 0) is 62.0 Å². The predicted molar refractivity (Wildman–Crippen MR) is 111 cm³/mol. The number of hydrogen-bond donors (Lipinski definition) is 0. The van der Waals surface area contributed by atoms with Gasteiger partial charge in [-0.25, -0.2) is 0 Å². The number of halogens is 1. The van der Waals surface area contributed by atoms with Crippen molar-refractivity contribution in [3.8, 4) is 17.1 Å². The van der Waals surface area contributed by atoms with Crippen LogP contribution in [0.15, 0.2) is 57.7 Å². The summed E-state index contributed by atoms with van der Waals surface area (Å²) in [6.07, 6.45) is 0.992. The third-order valence-corrected chi connectivity index (χ3v) is 4.84.